The molecule has 0 aromatic heterocycles. The molecule has 2 atom stereocenters. The molecule has 0 heterocycles. The third kappa shape index (κ3) is 3.76. The Kier molecular flexibility index (Phi) is 4.10. The molecule has 0 aromatic rings. The Hall–Kier alpha value is -0.0300. The van der Waals surface area contributed by atoms with E-state index in [0.29, 0.717) is 0 Å². The highest BCUT2D eigenvalue weighted by atomic mass is 31.2. The first-order valence-electron chi connectivity index (χ1n) is 2.88. The molecule has 0 aliphatic rings. The van der Waals surface area contributed by atoms with Gasteiger partial charge in [0.25, 0.3) is 7.37 Å². The van der Waals surface area contributed by atoms with Crippen LogP contribution in [0.4, 0.5) is 8.78 Å². The molecule has 4 nitrogen and oxygen atoms in total. The maximum Gasteiger partial charge on any atom is 0.312 e. The summed E-state index contributed by atoms with van der Waals surface area (Å²) < 4.78 is 33.8. The highest BCUT2D eigenvalue weighted by Crippen LogP contribution is 2.47. The van der Waals surface area contributed by atoms with Crippen molar-refractivity contribution in [2.24, 2.45) is 5.73 Å². The van der Waals surface area contributed by atoms with E-state index in [2.05, 4.69) is 0 Å². The summed E-state index contributed by atoms with van der Waals surface area (Å²) in [6.45, 7) is -0.294. The number of hydrogen-bond acceptors (Lipinski definition) is 3. The van der Waals surface area contributed by atoms with Crippen molar-refractivity contribution in [2.75, 3.05) is 12.7 Å². The number of hydrogen-bond donors (Lipinski definition) is 3. The molecule has 0 fully saturated rings. The topological polar surface area (TPSA) is 83.5 Å². The Morgan fingerprint density at radius 2 is 2.00 bits per heavy atom. The normalized spacial score (nSPS) is 19.8. The van der Waals surface area contributed by atoms with E-state index in [1.807, 2.05) is 0 Å². The molecular formula is C4H10F2NO3P. The lowest BCUT2D eigenvalue weighted by Gasteiger charge is -2.12. The molecule has 11 heavy (non-hydrogen) atoms. The lowest BCUT2D eigenvalue weighted by molar-refractivity contribution is 0.183. The highest BCUT2D eigenvalue weighted by Gasteiger charge is 2.32. The van der Waals surface area contributed by atoms with E-state index < -0.39 is 25.8 Å². The second-order valence-electron chi connectivity index (χ2n) is 2.11. The fraction of sp³-hybridized carbons (Fsp3) is 1.00. The third-order valence-corrected chi connectivity index (χ3v) is 2.60. The van der Waals surface area contributed by atoms with Crippen molar-refractivity contribution in [3.63, 3.8) is 0 Å². The van der Waals surface area contributed by atoms with Crippen molar-refractivity contribution in [1.82, 2.24) is 0 Å². The summed E-state index contributed by atoms with van der Waals surface area (Å²) in [5.74, 6) is 0. The molecular weight excluding hydrogens is 179 g/mol. The minimum Gasteiger partial charge on any atom is -0.391 e. The monoisotopic (exact) mass is 189 g/mol. The zero-order valence-electron chi connectivity index (χ0n) is 5.65. The van der Waals surface area contributed by atoms with Gasteiger partial charge in [0.05, 0.1) is 12.3 Å². The largest absolute Gasteiger partial charge is 0.391 e. The number of halogens is 2. The van der Waals surface area contributed by atoms with E-state index in [1.165, 1.54) is 0 Å². The van der Waals surface area contributed by atoms with Gasteiger partial charge in [0.2, 0.25) is 0 Å². The maximum atomic E-state index is 11.6. The fourth-order valence-electron chi connectivity index (χ4n) is 0.456. The van der Waals surface area contributed by atoms with Gasteiger partial charge in [-0.1, -0.05) is 0 Å². The van der Waals surface area contributed by atoms with Gasteiger partial charge in [0.1, 0.15) is 0 Å². The first-order valence-corrected chi connectivity index (χ1v) is 4.79. The summed E-state index contributed by atoms with van der Waals surface area (Å²) in [6, 6.07) is 0. The van der Waals surface area contributed by atoms with Gasteiger partial charge < -0.3 is 15.7 Å². The molecule has 7 heteroatoms. The summed E-state index contributed by atoms with van der Waals surface area (Å²) in [6.07, 6.45) is -5.48. The SMILES string of the molecule is NC[C@H](O)CP(=O)(O)C(F)F. The third-order valence-electron chi connectivity index (χ3n) is 1.05. The summed E-state index contributed by atoms with van der Waals surface area (Å²) in [7, 11) is -4.50. The van der Waals surface area contributed by atoms with Gasteiger partial charge in [-0.05, 0) is 0 Å². The Bertz CT molecular complexity index is 165. The van der Waals surface area contributed by atoms with Crippen molar-refractivity contribution in [3.8, 4) is 0 Å². The molecule has 0 saturated heterocycles. The van der Waals surface area contributed by atoms with Crippen LogP contribution in [0.2, 0.25) is 0 Å². The Morgan fingerprint density at radius 3 is 2.27 bits per heavy atom. The van der Waals surface area contributed by atoms with Gasteiger partial charge in [0, 0.05) is 6.54 Å². The molecule has 0 aliphatic heterocycles. The van der Waals surface area contributed by atoms with Crippen LogP contribution in [0.25, 0.3) is 0 Å². The molecule has 0 saturated carbocycles. The van der Waals surface area contributed by atoms with Crippen LogP contribution >= 0.6 is 7.37 Å². The molecule has 1 unspecified atom stereocenters. The Balaban J connectivity index is 4.02. The van der Waals surface area contributed by atoms with E-state index >= 15 is 0 Å². The Labute approximate surface area is 62.5 Å². The minimum absolute atomic E-state index is 0.294. The van der Waals surface area contributed by atoms with E-state index in [4.69, 9.17) is 15.7 Å². The quantitative estimate of drug-likeness (QED) is 0.534. The van der Waals surface area contributed by atoms with Gasteiger partial charge in [0.15, 0.2) is 0 Å². The summed E-state index contributed by atoms with van der Waals surface area (Å²) >= 11 is 0. The highest BCUT2D eigenvalue weighted by molar-refractivity contribution is 7.58. The Morgan fingerprint density at radius 1 is 1.55 bits per heavy atom. The minimum atomic E-state index is -4.50. The standard InChI is InChI=1S/C4H10F2NO3P/c5-4(6)11(9,10)2-3(8)1-7/h3-4,8H,1-2,7H2,(H,9,10)/t3-/m0/s1. The predicted octanol–water partition coefficient (Wildman–Crippen LogP) is -0.201. The van der Waals surface area contributed by atoms with Crippen LogP contribution in [0, 0.1) is 0 Å². The van der Waals surface area contributed by atoms with E-state index in [1.54, 1.807) is 0 Å². The maximum absolute atomic E-state index is 11.6. The number of alkyl halides is 2. The summed E-state index contributed by atoms with van der Waals surface area (Å²) in [5, 5.41) is 8.65. The van der Waals surface area contributed by atoms with Crippen LogP contribution in [-0.4, -0.2) is 35.0 Å². The number of rotatable bonds is 4. The molecule has 0 aromatic carbocycles. The molecule has 0 radical (unpaired) electrons. The second kappa shape index (κ2) is 4.11. The van der Waals surface area contributed by atoms with Crippen LogP contribution in [0.3, 0.4) is 0 Å². The van der Waals surface area contributed by atoms with Crippen LogP contribution in [0.1, 0.15) is 0 Å². The lowest BCUT2D eigenvalue weighted by atomic mass is 10.4. The fourth-order valence-corrected chi connectivity index (χ4v) is 1.37. The van der Waals surface area contributed by atoms with Crippen LogP contribution in [-0.2, 0) is 4.57 Å². The zero-order chi connectivity index (χ0) is 9.07. The van der Waals surface area contributed by atoms with Gasteiger partial charge in [-0.2, -0.15) is 8.78 Å². The number of aliphatic hydroxyl groups excluding tert-OH is 1. The van der Waals surface area contributed by atoms with Crippen molar-refractivity contribution in [1.29, 1.82) is 0 Å². The summed E-state index contributed by atoms with van der Waals surface area (Å²) in [5.41, 5.74) is 4.85. The molecule has 0 bridgehead atoms. The van der Waals surface area contributed by atoms with Crippen molar-refractivity contribution < 1.29 is 23.3 Å². The van der Waals surface area contributed by atoms with Gasteiger partial charge in [-0.15, -0.1) is 0 Å². The van der Waals surface area contributed by atoms with Crippen LogP contribution < -0.4 is 5.73 Å². The van der Waals surface area contributed by atoms with Crippen LogP contribution in [0.15, 0.2) is 0 Å². The zero-order valence-corrected chi connectivity index (χ0v) is 6.55. The van der Waals surface area contributed by atoms with Crippen molar-refractivity contribution in [2.45, 2.75) is 12.3 Å². The number of nitrogens with two attached hydrogens (primary N) is 1. The molecule has 4 N–H and O–H groups in total. The first kappa shape index (κ1) is 11.0. The molecule has 0 spiro atoms. The van der Waals surface area contributed by atoms with Gasteiger partial charge in [-0.3, -0.25) is 4.57 Å². The average molecular weight is 189 g/mol. The smallest absolute Gasteiger partial charge is 0.312 e. The van der Waals surface area contributed by atoms with Crippen LogP contribution in [0.5, 0.6) is 0 Å². The molecule has 68 valence electrons. The predicted molar refractivity (Wildman–Crippen MR) is 35.8 cm³/mol. The lowest BCUT2D eigenvalue weighted by Crippen LogP contribution is -2.24. The van der Waals surface area contributed by atoms with E-state index in [-0.39, 0.29) is 6.54 Å². The second-order valence-corrected chi connectivity index (χ2v) is 4.37. The van der Waals surface area contributed by atoms with E-state index in [9.17, 15) is 13.3 Å². The number of aliphatic hydroxyl groups is 1. The summed E-state index contributed by atoms with van der Waals surface area (Å²) in [4.78, 5) is 8.48. The molecule has 0 amide bonds. The first-order chi connectivity index (χ1) is 4.90. The van der Waals surface area contributed by atoms with Gasteiger partial charge >= 0.3 is 6.17 Å². The molecule has 0 rings (SSSR count). The molecule has 0 aliphatic carbocycles. The van der Waals surface area contributed by atoms with Crippen molar-refractivity contribution >= 4 is 7.37 Å². The van der Waals surface area contributed by atoms with E-state index in [0.717, 1.165) is 0 Å². The average Bonchev–Trinajstić information content (AvgIpc) is 1.86. The van der Waals surface area contributed by atoms with Crippen molar-refractivity contribution in [3.05, 3.63) is 0 Å². The van der Waals surface area contributed by atoms with Gasteiger partial charge in [-0.25, -0.2) is 0 Å².